The third-order valence-electron chi connectivity index (χ3n) is 2.42. The predicted octanol–water partition coefficient (Wildman–Crippen LogP) is 0.647. The van der Waals surface area contributed by atoms with Gasteiger partial charge < -0.3 is 21.5 Å². The Labute approximate surface area is 127 Å². The van der Waals surface area contributed by atoms with Crippen molar-refractivity contribution in [2.24, 2.45) is 11.5 Å². The van der Waals surface area contributed by atoms with Gasteiger partial charge in [0.05, 0.1) is 12.2 Å². The van der Waals surface area contributed by atoms with E-state index in [0.29, 0.717) is 12.3 Å². The molecule has 0 atom stereocenters. The van der Waals surface area contributed by atoms with Gasteiger partial charge in [0, 0.05) is 30.4 Å². The van der Waals surface area contributed by atoms with Crippen molar-refractivity contribution < 1.29 is 9.53 Å². The highest BCUT2D eigenvalue weighted by atomic mass is 32.2. The quantitative estimate of drug-likeness (QED) is 0.158. The first kappa shape index (κ1) is 17.0. The van der Waals surface area contributed by atoms with Crippen LogP contribution in [0.2, 0.25) is 0 Å². The summed E-state index contributed by atoms with van der Waals surface area (Å²) >= 11 is 1.49. The van der Waals surface area contributed by atoms with Crippen LogP contribution < -0.4 is 21.5 Å². The second-order valence-corrected chi connectivity index (χ2v) is 4.92. The van der Waals surface area contributed by atoms with Crippen LogP contribution in [-0.4, -0.2) is 32.0 Å². The van der Waals surface area contributed by atoms with Crippen LogP contribution in [0.25, 0.3) is 0 Å². The van der Waals surface area contributed by atoms with E-state index in [0.717, 1.165) is 17.6 Å². The molecule has 21 heavy (non-hydrogen) atoms. The minimum atomic E-state index is -0.746. The number of primary amides is 1. The first-order valence-electron chi connectivity index (χ1n) is 6.14. The molecular formula is C13H19N5O2S. The Morgan fingerprint density at radius 2 is 2.10 bits per heavy atom. The van der Waals surface area contributed by atoms with Crippen LogP contribution in [0.4, 0.5) is 5.69 Å². The van der Waals surface area contributed by atoms with E-state index < -0.39 is 5.91 Å². The summed E-state index contributed by atoms with van der Waals surface area (Å²) in [6.45, 7) is 1.39. The van der Waals surface area contributed by atoms with Gasteiger partial charge in [0.25, 0.3) is 5.91 Å². The molecule has 0 unspecified atom stereocenters. The molecule has 0 aliphatic carbocycles. The van der Waals surface area contributed by atoms with Gasteiger partial charge in [-0.25, -0.2) is 0 Å². The third kappa shape index (κ3) is 5.86. The molecule has 1 amide bonds. The van der Waals surface area contributed by atoms with E-state index in [-0.39, 0.29) is 11.4 Å². The molecular weight excluding hydrogens is 290 g/mol. The highest BCUT2D eigenvalue weighted by Gasteiger charge is 2.10. The second-order valence-electron chi connectivity index (χ2n) is 3.96. The lowest BCUT2D eigenvalue weighted by atomic mass is 10.2. The Morgan fingerprint density at radius 1 is 1.43 bits per heavy atom. The van der Waals surface area contributed by atoms with Crippen molar-refractivity contribution in [2.75, 3.05) is 25.6 Å². The summed E-state index contributed by atoms with van der Waals surface area (Å²) in [5.74, 6) is -0.881. The Bertz CT molecular complexity index is 516. The fraction of sp³-hybridized carbons (Fsp3) is 0.231. The summed E-state index contributed by atoms with van der Waals surface area (Å²) in [4.78, 5) is 12.1. The van der Waals surface area contributed by atoms with Crippen LogP contribution in [-0.2, 0) is 9.53 Å². The Hall–Kier alpha value is -2.03. The Morgan fingerprint density at radius 3 is 2.62 bits per heavy atom. The topological polar surface area (TPSA) is 126 Å². The zero-order valence-electron chi connectivity index (χ0n) is 11.7. The summed E-state index contributed by atoms with van der Waals surface area (Å²) in [6.07, 6.45) is 1.02. The number of carbonyl (C=O) groups is 1. The second kappa shape index (κ2) is 9.01. The van der Waals surface area contributed by atoms with Crippen LogP contribution in [0.3, 0.4) is 0 Å². The van der Waals surface area contributed by atoms with E-state index >= 15 is 0 Å². The number of benzene rings is 1. The fourth-order valence-electron chi connectivity index (χ4n) is 1.38. The summed E-state index contributed by atoms with van der Waals surface area (Å²) < 4.78 is 8.08. The SMILES string of the molecule is COCCNSc1ccc(NC(=N)/C(=C\N)C(N)=O)cc1. The molecule has 0 radical (unpaired) electrons. The van der Waals surface area contributed by atoms with Crippen LogP contribution >= 0.6 is 11.9 Å². The average molecular weight is 309 g/mol. The largest absolute Gasteiger partial charge is 0.404 e. The van der Waals surface area contributed by atoms with Gasteiger partial charge in [-0.2, -0.15) is 0 Å². The number of hydrogen-bond donors (Lipinski definition) is 5. The van der Waals surface area contributed by atoms with Crippen molar-refractivity contribution in [3.63, 3.8) is 0 Å². The van der Waals surface area contributed by atoms with Gasteiger partial charge in [0.15, 0.2) is 0 Å². The van der Waals surface area contributed by atoms with E-state index in [1.165, 1.54) is 11.9 Å². The van der Waals surface area contributed by atoms with E-state index in [4.69, 9.17) is 21.6 Å². The number of nitrogens with two attached hydrogens (primary N) is 2. The maximum Gasteiger partial charge on any atom is 0.253 e. The molecule has 0 fully saturated rings. The summed E-state index contributed by atoms with van der Waals surface area (Å²) in [6, 6.07) is 7.36. The van der Waals surface area contributed by atoms with E-state index in [1.54, 1.807) is 19.2 Å². The molecule has 0 saturated carbocycles. The van der Waals surface area contributed by atoms with Gasteiger partial charge >= 0.3 is 0 Å². The Kier molecular flexibility index (Phi) is 7.30. The van der Waals surface area contributed by atoms with Crippen LogP contribution in [0.15, 0.2) is 40.9 Å². The van der Waals surface area contributed by atoms with Gasteiger partial charge in [0.1, 0.15) is 5.84 Å². The summed E-state index contributed by atoms with van der Waals surface area (Å²) in [5.41, 5.74) is 11.0. The number of hydrogen-bond acceptors (Lipinski definition) is 6. The predicted molar refractivity (Wildman–Crippen MR) is 85.0 cm³/mol. The molecule has 0 saturated heterocycles. The first-order chi connectivity index (χ1) is 10.1. The van der Waals surface area contributed by atoms with Crippen molar-refractivity contribution in [1.82, 2.24) is 4.72 Å². The molecule has 1 aromatic rings. The van der Waals surface area contributed by atoms with Gasteiger partial charge in [-0.05, 0) is 36.2 Å². The number of rotatable bonds is 8. The smallest absolute Gasteiger partial charge is 0.253 e. The first-order valence-corrected chi connectivity index (χ1v) is 6.96. The third-order valence-corrected chi connectivity index (χ3v) is 3.28. The fourth-order valence-corrected chi connectivity index (χ4v) is 2.01. The normalized spacial score (nSPS) is 11.2. The van der Waals surface area contributed by atoms with Gasteiger partial charge in [-0.3, -0.25) is 14.9 Å². The van der Waals surface area contributed by atoms with E-state index in [1.807, 2.05) is 12.1 Å². The van der Waals surface area contributed by atoms with Crippen LogP contribution in [0.1, 0.15) is 0 Å². The van der Waals surface area contributed by atoms with Gasteiger partial charge in [0.2, 0.25) is 0 Å². The molecule has 0 aromatic heterocycles. The highest BCUT2D eigenvalue weighted by Crippen LogP contribution is 2.18. The van der Waals surface area contributed by atoms with Crippen LogP contribution in [0, 0.1) is 5.41 Å². The number of amidine groups is 1. The maximum atomic E-state index is 11.1. The molecule has 0 heterocycles. The summed E-state index contributed by atoms with van der Waals surface area (Å²) in [7, 11) is 1.65. The molecule has 0 bridgehead atoms. The van der Waals surface area contributed by atoms with Crippen LogP contribution in [0.5, 0.6) is 0 Å². The minimum absolute atomic E-state index is 0.0605. The number of ether oxygens (including phenoxy) is 1. The monoisotopic (exact) mass is 309 g/mol. The number of amides is 1. The standard InChI is InChI=1S/C13H19N5O2S/c1-20-7-6-17-21-10-4-2-9(3-5-10)18-12(15)11(8-14)13(16)19/h2-5,8,17H,6-7,14H2,1H3,(H2,15,18)(H2,16,19)/b11-8+. The van der Waals surface area contributed by atoms with Crippen molar-refractivity contribution in [3.05, 3.63) is 36.0 Å². The lowest BCUT2D eigenvalue weighted by Crippen LogP contribution is -2.26. The molecule has 7 nitrogen and oxygen atoms in total. The zero-order valence-corrected chi connectivity index (χ0v) is 12.5. The molecule has 7 N–H and O–H groups in total. The molecule has 8 heteroatoms. The molecule has 1 aromatic carbocycles. The molecule has 0 aliphatic rings. The number of methoxy groups -OCH3 is 1. The van der Waals surface area contributed by atoms with Gasteiger partial charge in [-0.15, -0.1) is 0 Å². The number of carbonyl (C=O) groups excluding carboxylic acids is 1. The van der Waals surface area contributed by atoms with Gasteiger partial charge in [-0.1, -0.05) is 0 Å². The number of anilines is 1. The van der Waals surface area contributed by atoms with Crippen molar-refractivity contribution in [1.29, 1.82) is 5.41 Å². The lowest BCUT2D eigenvalue weighted by molar-refractivity contribution is -0.114. The van der Waals surface area contributed by atoms with Crippen molar-refractivity contribution in [2.45, 2.75) is 4.90 Å². The average Bonchev–Trinajstić information content (AvgIpc) is 2.45. The van der Waals surface area contributed by atoms with E-state index in [2.05, 4.69) is 10.0 Å². The van der Waals surface area contributed by atoms with Crippen molar-refractivity contribution in [3.8, 4) is 0 Å². The summed E-state index contributed by atoms with van der Waals surface area (Å²) in [5, 5.41) is 10.5. The molecule has 0 spiro atoms. The Balaban J connectivity index is 2.54. The van der Waals surface area contributed by atoms with E-state index in [9.17, 15) is 4.79 Å². The molecule has 114 valence electrons. The minimum Gasteiger partial charge on any atom is -0.404 e. The maximum absolute atomic E-state index is 11.1. The zero-order chi connectivity index (χ0) is 15.7. The van der Waals surface area contributed by atoms with Crippen molar-refractivity contribution >= 4 is 29.4 Å². The number of nitrogens with one attached hydrogen (secondary N) is 3. The lowest BCUT2D eigenvalue weighted by Gasteiger charge is -2.09. The highest BCUT2D eigenvalue weighted by molar-refractivity contribution is 7.97. The molecule has 1 rings (SSSR count). The molecule has 0 aliphatic heterocycles.